The van der Waals surface area contributed by atoms with E-state index in [0.717, 1.165) is 23.7 Å². The molecule has 0 radical (unpaired) electrons. The van der Waals surface area contributed by atoms with E-state index in [2.05, 4.69) is 22.9 Å². The van der Waals surface area contributed by atoms with Crippen molar-refractivity contribution in [2.45, 2.75) is 37.5 Å². The van der Waals surface area contributed by atoms with Crippen LogP contribution in [0, 0.1) is 5.92 Å². The van der Waals surface area contributed by atoms with Gasteiger partial charge in [0, 0.05) is 17.6 Å². The lowest BCUT2D eigenvalue weighted by Gasteiger charge is -2.31. The molecular weight excluding hydrogens is 340 g/mol. The number of anilines is 1. The van der Waals surface area contributed by atoms with Crippen molar-refractivity contribution in [2.75, 3.05) is 18.8 Å². The number of halogens is 1. The summed E-state index contributed by atoms with van der Waals surface area (Å²) < 4.78 is 27.6. The lowest BCUT2D eigenvalue weighted by atomic mass is 9.94. The molecule has 1 heterocycles. The molecule has 1 aliphatic rings. The molecule has 1 aromatic carbocycles. The summed E-state index contributed by atoms with van der Waals surface area (Å²) in [6, 6.07) is 4.93. The highest BCUT2D eigenvalue weighted by atomic mass is 79.9. The Hall–Kier alpha value is -0.590. The minimum absolute atomic E-state index is 0.217. The largest absolute Gasteiger partial charge is 0.398 e. The van der Waals surface area contributed by atoms with Crippen LogP contribution in [0.1, 0.15) is 32.6 Å². The SMILES string of the molecule is CCCC1CCN(S(=O)(=O)c2ccc(Br)cc2N)CC1. The maximum atomic E-state index is 12.6. The molecule has 0 unspecified atom stereocenters. The minimum Gasteiger partial charge on any atom is -0.398 e. The second-order valence-corrected chi connectivity index (χ2v) is 8.14. The van der Waals surface area contributed by atoms with Gasteiger partial charge in [-0.1, -0.05) is 35.7 Å². The first-order valence-electron chi connectivity index (χ1n) is 7.00. The Labute approximate surface area is 129 Å². The third-order valence-corrected chi connectivity index (χ3v) is 6.33. The smallest absolute Gasteiger partial charge is 0.245 e. The molecule has 6 heteroatoms. The third kappa shape index (κ3) is 3.35. The molecule has 0 spiro atoms. The number of sulfonamides is 1. The number of hydrogen-bond donors (Lipinski definition) is 1. The minimum atomic E-state index is -3.46. The van der Waals surface area contributed by atoms with Crippen LogP contribution in [0.3, 0.4) is 0 Å². The molecule has 1 saturated heterocycles. The van der Waals surface area contributed by atoms with Crippen LogP contribution in [0.2, 0.25) is 0 Å². The Kier molecular flexibility index (Phi) is 5.09. The maximum absolute atomic E-state index is 12.6. The van der Waals surface area contributed by atoms with Crippen LogP contribution in [0.15, 0.2) is 27.6 Å². The predicted octanol–water partition coefficient (Wildman–Crippen LogP) is 3.23. The van der Waals surface area contributed by atoms with Crippen molar-refractivity contribution in [3.8, 4) is 0 Å². The van der Waals surface area contributed by atoms with E-state index in [0.29, 0.717) is 24.7 Å². The van der Waals surface area contributed by atoms with Gasteiger partial charge in [-0.2, -0.15) is 4.31 Å². The van der Waals surface area contributed by atoms with Crippen molar-refractivity contribution in [3.63, 3.8) is 0 Å². The molecular formula is C14H21BrN2O2S. The number of nitrogen functional groups attached to an aromatic ring is 1. The van der Waals surface area contributed by atoms with Crippen LogP contribution in [0.4, 0.5) is 5.69 Å². The number of nitrogens with two attached hydrogens (primary N) is 1. The molecule has 0 saturated carbocycles. The van der Waals surface area contributed by atoms with E-state index in [9.17, 15) is 8.42 Å². The van der Waals surface area contributed by atoms with Gasteiger partial charge in [0.1, 0.15) is 4.90 Å². The molecule has 1 aromatic rings. The fourth-order valence-electron chi connectivity index (χ4n) is 2.74. The molecule has 0 bridgehead atoms. The van der Waals surface area contributed by atoms with Crippen LogP contribution >= 0.6 is 15.9 Å². The Morgan fingerprint density at radius 3 is 2.55 bits per heavy atom. The average Bonchev–Trinajstić information content (AvgIpc) is 2.39. The zero-order valence-electron chi connectivity index (χ0n) is 11.7. The standard InChI is InChI=1S/C14H21BrN2O2S/c1-2-3-11-6-8-17(9-7-11)20(18,19)14-5-4-12(15)10-13(14)16/h4-5,10-11H,2-3,6-9,16H2,1H3. The molecule has 2 N–H and O–H groups in total. The van der Waals surface area contributed by atoms with E-state index in [1.165, 1.54) is 6.42 Å². The van der Waals surface area contributed by atoms with Gasteiger partial charge in [0.15, 0.2) is 0 Å². The molecule has 4 nitrogen and oxygen atoms in total. The van der Waals surface area contributed by atoms with Crippen LogP contribution in [0.5, 0.6) is 0 Å². The molecule has 112 valence electrons. The van der Waals surface area contributed by atoms with Crippen molar-refractivity contribution in [3.05, 3.63) is 22.7 Å². The maximum Gasteiger partial charge on any atom is 0.245 e. The third-order valence-electron chi connectivity index (χ3n) is 3.86. The summed E-state index contributed by atoms with van der Waals surface area (Å²) in [5.74, 6) is 0.661. The molecule has 0 atom stereocenters. The quantitative estimate of drug-likeness (QED) is 0.838. The second-order valence-electron chi connectivity index (χ2n) is 5.32. The Bertz CT molecular complexity index is 567. The molecule has 0 aliphatic carbocycles. The van der Waals surface area contributed by atoms with Crippen molar-refractivity contribution in [1.29, 1.82) is 0 Å². The number of piperidine rings is 1. The van der Waals surface area contributed by atoms with Crippen LogP contribution in [0.25, 0.3) is 0 Å². The van der Waals surface area contributed by atoms with Crippen molar-refractivity contribution in [1.82, 2.24) is 4.31 Å². The fourth-order valence-corrected chi connectivity index (χ4v) is 4.69. The first-order chi connectivity index (χ1) is 9.45. The van der Waals surface area contributed by atoms with E-state index in [1.54, 1.807) is 22.5 Å². The van der Waals surface area contributed by atoms with Gasteiger partial charge in [-0.05, 0) is 37.0 Å². The topological polar surface area (TPSA) is 63.4 Å². The lowest BCUT2D eigenvalue weighted by molar-refractivity contribution is 0.262. The summed E-state index contributed by atoms with van der Waals surface area (Å²) >= 11 is 3.30. The highest BCUT2D eigenvalue weighted by Gasteiger charge is 2.30. The summed E-state index contributed by atoms with van der Waals surface area (Å²) in [4.78, 5) is 0.217. The zero-order valence-corrected chi connectivity index (χ0v) is 14.1. The van der Waals surface area contributed by atoms with Crippen molar-refractivity contribution < 1.29 is 8.42 Å². The molecule has 2 rings (SSSR count). The average molecular weight is 361 g/mol. The van der Waals surface area contributed by atoms with Gasteiger partial charge in [0.25, 0.3) is 0 Å². The zero-order chi connectivity index (χ0) is 14.8. The van der Waals surface area contributed by atoms with E-state index in [-0.39, 0.29) is 4.90 Å². The summed E-state index contributed by atoms with van der Waals surface area (Å²) in [7, 11) is -3.46. The van der Waals surface area contributed by atoms with Crippen LogP contribution < -0.4 is 5.73 Å². The van der Waals surface area contributed by atoms with Gasteiger partial charge >= 0.3 is 0 Å². The molecule has 1 aliphatic heterocycles. The Morgan fingerprint density at radius 2 is 2.00 bits per heavy atom. The van der Waals surface area contributed by atoms with E-state index < -0.39 is 10.0 Å². The van der Waals surface area contributed by atoms with E-state index in [4.69, 9.17) is 5.73 Å². The van der Waals surface area contributed by atoms with Gasteiger partial charge in [0.05, 0.1) is 5.69 Å². The van der Waals surface area contributed by atoms with E-state index in [1.807, 2.05) is 0 Å². The Morgan fingerprint density at radius 1 is 1.35 bits per heavy atom. The number of nitrogens with zero attached hydrogens (tertiary/aromatic N) is 1. The predicted molar refractivity (Wildman–Crippen MR) is 84.9 cm³/mol. The number of rotatable bonds is 4. The number of benzene rings is 1. The molecule has 20 heavy (non-hydrogen) atoms. The van der Waals surface area contributed by atoms with Crippen LogP contribution in [-0.4, -0.2) is 25.8 Å². The van der Waals surface area contributed by atoms with Crippen molar-refractivity contribution in [2.24, 2.45) is 5.92 Å². The van der Waals surface area contributed by atoms with Gasteiger partial charge in [-0.15, -0.1) is 0 Å². The fraction of sp³-hybridized carbons (Fsp3) is 0.571. The van der Waals surface area contributed by atoms with Gasteiger partial charge < -0.3 is 5.73 Å². The summed E-state index contributed by atoms with van der Waals surface area (Å²) in [6.07, 6.45) is 4.25. The lowest BCUT2D eigenvalue weighted by Crippen LogP contribution is -2.38. The number of hydrogen-bond acceptors (Lipinski definition) is 3. The normalized spacial score (nSPS) is 18.3. The Balaban J connectivity index is 2.15. The second kappa shape index (κ2) is 6.45. The van der Waals surface area contributed by atoms with Gasteiger partial charge in [-0.25, -0.2) is 8.42 Å². The van der Waals surface area contributed by atoms with Crippen LogP contribution in [-0.2, 0) is 10.0 Å². The van der Waals surface area contributed by atoms with Gasteiger partial charge in [0.2, 0.25) is 10.0 Å². The molecule has 0 aromatic heterocycles. The molecule has 0 amide bonds. The summed E-state index contributed by atoms with van der Waals surface area (Å²) in [5, 5.41) is 0. The summed E-state index contributed by atoms with van der Waals surface area (Å²) in [5.41, 5.74) is 6.15. The highest BCUT2D eigenvalue weighted by Crippen LogP contribution is 2.29. The summed E-state index contributed by atoms with van der Waals surface area (Å²) in [6.45, 7) is 3.37. The van der Waals surface area contributed by atoms with Gasteiger partial charge in [-0.3, -0.25) is 0 Å². The molecule has 1 fully saturated rings. The van der Waals surface area contributed by atoms with Crippen molar-refractivity contribution >= 4 is 31.6 Å². The van der Waals surface area contributed by atoms with E-state index >= 15 is 0 Å². The first-order valence-corrected chi connectivity index (χ1v) is 9.23. The first kappa shape index (κ1) is 15.8. The highest BCUT2D eigenvalue weighted by molar-refractivity contribution is 9.10. The monoisotopic (exact) mass is 360 g/mol.